The second-order valence-corrected chi connectivity index (χ2v) is 5.40. The van der Waals surface area contributed by atoms with Crippen LogP contribution in [0.1, 0.15) is 91.4 Å². The van der Waals surface area contributed by atoms with Crippen LogP contribution in [0.4, 0.5) is 0 Å². The van der Waals surface area contributed by atoms with E-state index in [2.05, 4.69) is 19.9 Å². The molecule has 0 aliphatic heterocycles. The first-order chi connectivity index (χ1) is 8.70. The first-order valence-corrected chi connectivity index (χ1v) is 7.88. The maximum atomic E-state index is 11.2. The number of hydrogen-bond donors (Lipinski definition) is 0. The highest BCUT2D eigenvalue weighted by Crippen LogP contribution is 2.16. The van der Waals surface area contributed by atoms with E-state index in [1.54, 1.807) is 6.92 Å². The van der Waals surface area contributed by atoms with Crippen molar-refractivity contribution in [2.45, 2.75) is 91.4 Å². The largest absolute Gasteiger partial charge is 0.300 e. The smallest absolute Gasteiger partial charge is 0.133 e. The molecule has 106 valence electrons. The zero-order valence-electron chi connectivity index (χ0n) is 12.8. The second-order valence-electron chi connectivity index (χ2n) is 5.40. The van der Waals surface area contributed by atoms with Crippen LogP contribution in [-0.4, -0.2) is 5.78 Å². The summed E-state index contributed by atoms with van der Waals surface area (Å²) in [6.45, 7) is 6.18. The number of Topliss-reactive ketones (excluding diaryl/α,β-unsaturated/α-hetero) is 1. The molecular formula is C17H32O. The fourth-order valence-electron chi connectivity index (χ4n) is 2.24. The quantitative estimate of drug-likeness (QED) is 0.315. The normalized spacial score (nSPS) is 11.8. The Balaban J connectivity index is 3.88. The van der Waals surface area contributed by atoms with Crippen molar-refractivity contribution < 1.29 is 4.79 Å². The zero-order chi connectivity index (χ0) is 13.6. The number of carbonyl (C=O) groups excluding carboxylic acids is 1. The molecule has 0 rings (SSSR count). The highest BCUT2D eigenvalue weighted by molar-refractivity contribution is 5.78. The van der Waals surface area contributed by atoms with E-state index in [0.29, 0.717) is 12.2 Å². The van der Waals surface area contributed by atoms with E-state index < -0.39 is 0 Å². The van der Waals surface area contributed by atoms with Crippen molar-refractivity contribution in [1.82, 2.24) is 0 Å². The summed E-state index contributed by atoms with van der Waals surface area (Å²) < 4.78 is 0. The van der Waals surface area contributed by atoms with Crippen molar-refractivity contribution in [3.63, 3.8) is 0 Å². The van der Waals surface area contributed by atoms with Crippen LogP contribution in [0.15, 0.2) is 11.6 Å². The third-order valence-electron chi connectivity index (χ3n) is 3.32. The molecule has 0 bridgehead atoms. The topological polar surface area (TPSA) is 17.1 Å². The lowest BCUT2D eigenvalue weighted by Crippen LogP contribution is -1.95. The SMILES string of the molecule is CCCCCC/C=C(/CCCCCC)CC(C)=O. The van der Waals surface area contributed by atoms with Crippen molar-refractivity contribution in [3.05, 3.63) is 11.6 Å². The molecule has 0 spiro atoms. The minimum atomic E-state index is 0.310. The van der Waals surface area contributed by atoms with Crippen molar-refractivity contribution in [3.8, 4) is 0 Å². The van der Waals surface area contributed by atoms with Gasteiger partial charge in [-0.05, 0) is 32.6 Å². The third-order valence-corrected chi connectivity index (χ3v) is 3.32. The molecular weight excluding hydrogens is 220 g/mol. The van der Waals surface area contributed by atoms with E-state index in [9.17, 15) is 4.79 Å². The zero-order valence-corrected chi connectivity index (χ0v) is 12.8. The minimum absolute atomic E-state index is 0.310. The van der Waals surface area contributed by atoms with Gasteiger partial charge in [-0.15, -0.1) is 0 Å². The monoisotopic (exact) mass is 252 g/mol. The fraction of sp³-hybridized carbons (Fsp3) is 0.824. The summed E-state index contributed by atoms with van der Waals surface area (Å²) >= 11 is 0. The Morgan fingerprint density at radius 3 is 2.06 bits per heavy atom. The number of hydrogen-bond acceptors (Lipinski definition) is 1. The van der Waals surface area contributed by atoms with E-state index in [1.165, 1.54) is 56.9 Å². The molecule has 0 aromatic heterocycles. The van der Waals surface area contributed by atoms with Crippen LogP contribution in [0.5, 0.6) is 0 Å². The van der Waals surface area contributed by atoms with Gasteiger partial charge in [0.15, 0.2) is 0 Å². The number of ketones is 1. The molecule has 1 heteroatoms. The number of rotatable bonds is 12. The van der Waals surface area contributed by atoms with Crippen molar-refractivity contribution >= 4 is 5.78 Å². The first-order valence-electron chi connectivity index (χ1n) is 7.88. The van der Waals surface area contributed by atoms with Crippen LogP contribution in [0.2, 0.25) is 0 Å². The molecule has 0 amide bonds. The van der Waals surface area contributed by atoms with Crippen molar-refractivity contribution in [2.24, 2.45) is 0 Å². The minimum Gasteiger partial charge on any atom is -0.300 e. The van der Waals surface area contributed by atoms with Gasteiger partial charge in [-0.25, -0.2) is 0 Å². The number of unbranched alkanes of at least 4 members (excludes halogenated alkanes) is 7. The summed E-state index contributed by atoms with van der Waals surface area (Å²) in [5, 5.41) is 0. The van der Waals surface area contributed by atoms with E-state index >= 15 is 0 Å². The Morgan fingerprint density at radius 2 is 1.50 bits per heavy atom. The average Bonchev–Trinajstić information content (AvgIpc) is 2.33. The average molecular weight is 252 g/mol. The Morgan fingerprint density at radius 1 is 0.889 bits per heavy atom. The van der Waals surface area contributed by atoms with Gasteiger partial charge in [-0.3, -0.25) is 4.79 Å². The van der Waals surface area contributed by atoms with Gasteiger partial charge in [0.2, 0.25) is 0 Å². The maximum absolute atomic E-state index is 11.2. The molecule has 0 saturated carbocycles. The van der Waals surface area contributed by atoms with Gasteiger partial charge >= 0.3 is 0 Å². The molecule has 0 radical (unpaired) electrons. The Bertz CT molecular complexity index is 228. The predicted molar refractivity (Wildman–Crippen MR) is 80.9 cm³/mol. The molecule has 0 N–H and O–H groups in total. The molecule has 0 aliphatic carbocycles. The molecule has 1 nitrogen and oxygen atoms in total. The summed E-state index contributed by atoms with van der Waals surface area (Å²) in [7, 11) is 0. The number of allylic oxidation sites excluding steroid dienone is 2. The van der Waals surface area contributed by atoms with E-state index in [0.717, 1.165) is 12.8 Å². The molecule has 0 saturated heterocycles. The van der Waals surface area contributed by atoms with E-state index in [4.69, 9.17) is 0 Å². The molecule has 0 heterocycles. The summed E-state index contributed by atoms with van der Waals surface area (Å²) in [5.41, 5.74) is 1.38. The molecule has 18 heavy (non-hydrogen) atoms. The molecule has 0 atom stereocenters. The van der Waals surface area contributed by atoms with Crippen LogP contribution in [0, 0.1) is 0 Å². The molecule has 0 unspecified atom stereocenters. The lowest BCUT2D eigenvalue weighted by Gasteiger charge is -2.06. The van der Waals surface area contributed by atoms with Crippen LogP contribution >= 0.6 is 0 Å². The van der Waals surface area contributed by atoms with Crippen molar-refractivity contribution in [2.75, 3.05) is 0 Å². The van der Waals surface area contributed by atoms with Crippen LogP contribution in [0.3, 0.4) is 0 Å². The Kier molecular flexibility index (Phi) is 12.4. The van der Waals surface area contributed by atoms with Gasteiger partial charge in [-0.2, -0.15) is 0 Å². The molecule has 0 aromatic rings. The summed E-state index contributed by atoms with van der Waals surface area (Å²) in [6, 6.07) is 0. The van der Waals surface area contributed by atoms with Gasteiger partial charge in [0.1, 0.15) is 5.78 Å². The summed E-state index contributed by atoms with van der Waals surface area (Å²) in [4.78, 5) is 11.2. The Hall–Kier alpha value is -0.590. The van der Waals surface area contributed by atoms with Gasteiger partial charge in [0, 0.05) is 6.42 Å². The van der Waals surface area contributed by atoms with E-state index in [1.807, 2.05) is 0 Å². The summed E-state index contributed by atoms with van der Waals surface area (Å²) in [5.74, 6) is 0.310. The molecule has 0 aliphatic rings. The fourth-order valence-corrected chi connectivity index (χ4v) is 2.24. The highest BCUT2D eigenvalue weighted by atomic mass is 16.1. The van der Waals surface area contributed by atoms with Gasteiger partial charge < -0.3 is 0 Å². The van der Waals surface area contributed by atoms with Crippen LogP contribution in [-0.2, 0) is 4.79 Å². The highest BCUT2D eigenvalue weighted by Gasteiger charge is 2.01. The van der Waals surface area contributed by atoms with Crippen molar-refractivity contribution in [1.29, 1.82) is 0 Å². The van der Waals surface area contributed by atoms with Crippen LogP contribution in [0.25, 0.3) is 0 Å². The van der Waals surface area contributed by atoms with Gasteiger partial charge in [0.25, 0.3) is 0 Å². The molecule has 0 fully saturated rings. The molecule has 0 aromatic carbocycles. The predicted octanol–water partition coefficient (Wildman–Crippen LogP) is 5.83. The second kappa shape index (κ2) is 12.9. The lowest BCUT2D eigenvalue weighted by atomic mass is 10.00. The van der Waals surface area contributed by atoms with Gasteiger partial charge in [-0.1, -0.05) is 64.0 Å². The third kappa shape index (κ3) is 11.9. The first kappa shape index (κ1) is 17.4. The van der Waals surface area contributed by atoms with Crippen LogP contribution < -0.4 is 0 Å². The maximum Gasteiger partial charge on any atom is 0.133 e. The van der Waals surface area contributed by atoms with E-state index in [-0.39, 0.29) is 0 Å². The van der Waals surface area contributed by atoms with Gasteiger partial charge in [0.05, 0.1) is 0 Å². The lowest BCUT2D eigenvalue weighted by molar-refractivity contribution is -0.116. The number of carbonyl (C=O) groups is 1. The Labute approximate surface area is 114 Å². The standard InChI is InChI=1S/C17H32O/c1-4-6-8-10-12-14-17(15-16(3)18)13-11-9-7-5-2/h14H,4-13,15H2,1-3H3/b17-14-. The summed E-state index contributed by atoms with van der Waals surface area (Å²) in [6.07, 6.45) is 15.7.